The predicted molar refractivity (Wildman–Crippen MR) is 101 cm³/mol. The predicted octanol–water partition coefficient (Wildman–Crippen LogP) is 2.17. The van der Waals surface area contributed by atoms with Crippen molar-refractivity contribution in [3.8, 4) is 6.07 Å². The molecule has 0 spiro atoms. The molecule has 6 nitrogen and oxygen atoms in total. The first kappa shape index (κ1) is 18.8. The number of hydrogen-bond donors (Lipinski definition) is 2. The first-order chi connectivity index (χ1) is 11.8. The van der Waals surface area contributed by atoms with Crippen LogP contribution in [0.3, 0.4) is 0 Å². The maximum Gasteiger partial charge on any atom is 0.263 e. The third-order valence-corrected chi connectivity index (χ3v) is 3.97. The zero-order chi connectivity index (χ0) is 18.4. The Labute approximate surface area is 150 Å². The van der Waals surface area contributed by atoms with E-state index < -0.39 is 0 Å². The summed E-state index contributed by atoms with van der Waals surface area (Å²) in [7, 11) is 2.14. The topological polar surface area (TPSA) is 71.4 Å². The molecule has 0 unspecified atom stereocenters. The van der Waals surface area contributed by atoms with E-state index in [1.165, 1.54) is 11.9 Å². The van der Waals surface area contributed by atoms with E-state index in [1.54, 1.807) is 0 Å². The number of nitrogens with zero attached hydrogens (tertiary/aromatic N) is 3. The van der Waals surface area contributed by atoms with Crippen LogP contribution in [-0.2, 0) is 4.79 Å². The molecular weight excluding hydrogens is 314 g/mol. The lowest BCUT2D eigenvalue weighted by molar-refractivity contribution is -0.118. The zero-order valence-electron chi connectivity index (χ0n) is 15.5. The van der Waals surface area contributed by atoms with Crippen LogP contribution in [0, 0.1) is 11.3 Å². The number of anilines is 2. The van der Waals surface area contributed by atoms with Crippen LogP contribution in [0.25, 0.3) is 0 Å². The molecule has 1 fully saturated rings. The van der Waals surface area contributed by atoms with Crippen molar-refractivity contribution in [3.05, 3.63) is 36.0 Å². The van der Waals surface area contributed by atoms with Gasteiger partial charge in [0.2, 0.25) is 0 Å². The van der Waals surface area contributed by atoms with Gasteiger partial charge >= 0.3 is 0 Å². The van der Waals surface area contributed by atoms with Gasteiger partial charge in [-0.2, -0.15) is 5.26 Å². The molecule has 1 aromatic rings. The summed E-state index contributed by atoms with van der Waals surface area (Å²) in [5.41, 5.74) is 1.71. The number of hydrogen-bond acceptors (Lipinski definition) is 5. The number of carbonyl (C=O) groups excluding carboxylic acids is 1. The molecule has 1 aliphatic rings. The summed E-state index contributed by atoms with van der Waals surface area (Å²) >= 11 is 0. The van der Waals surface area contributed by atoms with Crippen molar-refractivity contribution in [1.29, 1.82) is 5.26 Å². The number of nitrogens with one attached hydrogen (secondary N) is 2. The lowest BCUT2D eigenvalue weighted by atomic mass is 10.1. The summed E-state index contributed by atoms with van der Waals surface area (Å²) in [5.74, 6) is -0.378. The highest BCUT2D eigenvalue weighted by Gasteiger charge is 2.17. The van der Waals surface area contributed by atoms with Crippen LogP contribution in [0.5, 0.6) is 0 Å². The molecule has 134 valence electrons. The molecule has 0 saturated carbocycles. The van der Waals surface area contributed by atoms with Gasteiger partial charge in [0, 0.05) is 49.3 Å². The van der Waals surface area contributed by atoms with Gasteiger partial charge in [-0.05, 0) is 52.1 Å². The summed E-state index contributed by atoms with van der Waals surface area (Å²) in [4.78, 5) is 16.7. The second-order valence-corrected chi connectivity index (χ2v) is 7.36. The second-order valence-electron chi connectivity index (χ2n) is 7.36. The summed E-state index contributed by atoms with van der Waals surface area (Å²) in [6, 6.07) is 9.97. The zero-order valence-corrected chi connectivity index (χ0v) is 15.5. The average Bonchev–Trinajstić information content (AvgIpc) is 2.55. The fraction of sp³-hybridized carbons (Fsp3) is 0.474. The molecule has 25 heavy (non-hydrogen) atoms. The van der Waals surface area contributed by atoms with Gasteiger partial charge in [0.25, 0.3) is 5.91 Å². The van der Waals surface area contributed by atoms with E-state index in [1.807, 2.05) is 39.0 Å². The number of likely N-dealkylation sites (N-methyl/N-ethyl adjacent to an activating group) is 1. The lowest BCUT2D eigenvalue weighted by Gasteiger charge is -2.34. The van der Waals surface area contributed by atoms with E-state index in [0.29, 0.717) is 0 Å². The number of benzene rings is 1. The molecule has 1 saturated heterocycles. The smallest absolute Gasteiger partial charge is 0.263 e. The molecule has 1 amide bonds. The molecule has 1 aromatic carbocycles. The normalized spacial score (nSPS) is 16.3. The van der Waals surface area contributed by atoms with Crippen molar-refractivity contribution >= 4 is 17.3 Å². The first-order valence-electron chi connectivity index (χ1n) is 8.51. The van der Waals surface area contributed by atoms with Gasteiger partial charge in [-0.15, -0.1) is 0 Å². The highest BCUT2D eigenvalue weighted by Crippen LogP contribution is 2.19. The molecular formula is C19H27N5O. The standard InChI is InChI=1S/C19H27N5O/c1-19(2,3)22-18(25)15(13-20)14-21-16-5-7-17(8-6-16)24-11-9-23(4)10-12-24/h5-8,14,21H,9-12H2,1-4H3,(H,22,25)/b15-14-. The minimum absolute atomic E-state index is 0.0538. The van der Waals surface area contributed by atoms with Gasteiger partial charge < -0.3 is 20.4 Å². The molecule has 2 N–H and O–H groups in total. The fourth-order valence-electron chi connectivity index (χ4n) is 2.55. The number of rotatable bonds is 4. The molecule has 0 bridgehead atoms. The summed E-state index contributed by atoms with van der Waals surface area (Å²) in [6.45, 7) is 9.82. The monoisotopic (exact) mass is 341 g/mol. The molecule has 0 atom stereocenters. The summed E-state index contributed by atoms with van der Waals surface area (Å²) in [5, 5.41) is 15.0. The van der Waals surface area contributed by atoms with Crippen LogP contribution in [0.4, 0.5) is 11.4 Å². The van der Waals surface area contributed by atoms with E-state index >= 15 is 0 Å². The van der Waals surface area contributed by atoms with Crippen LogP contribution in [0.15, 0.2) is 36.0 Å². The number of amides is 1. The average molecular weight is 341 g/mol. The van der Waals surface area contributed by atoms with Crippen LogP contribution in [0.2, 0.25) is 0 Å². The maximum absolute atomic E-state index is 12.0. The third-order valence-electron chi connectivity index (χ3n) is 3.97. The van der Waals surface area contributed by atoms with Gasteiger partial charge in [0.05, 0.1) is 0 Å². The number of piperazine rings is 1. The van der Waals surface area contributed by atoms with Crippen LogP contribution in [0.1, 0.15) is 20.8 Å². The van der Waals surface area contributed by atoms with Crippen molar-refractivity contribution in [2.45, 2.75) is 26.3 Å². The quantitative estimate of drug-likeness (QED) is 0.649. The Hall–Kier alpha value is -2.52. The molecule has 0 radical (unpaired) electrons. The molecule has 0 aliphatic carbocycles. The van der Waals surface area contributed by atoms with Gasteiger partial charge in [-0.1, -0.05) is 0 Å². The Balaban J connectivity index is 1.98. The van der Waals surface area contributed by atoms with Gasteiger partial charge in [-0.3, -0.25) is 4.79 Å². The maximum atomic E-state index is 12.0. The SMILES string of the molecule is CN1CCN(c2ccc(N/C=C(/C#N)C(=O)NC(C)(C)C)cc2)CC1. The first-order valence-corrected chi connectivity index (χ1v) is 8.51. The minimum Gasteiger partial charge on any atom is -0.369 e. The van der Waals surface area contributed by atoms with Crippen molar-refractivity contribution in [1.82, 2.24) is 10.2 Å². The van der Waals surface area contributed by atoms with E-state index in [2.05, 4.69) is 39.6 Å². The van der Waals surface area contributed by atoms with Crippen LogP contribution >= 0.6 is 0 Å². The van der Waals surface area contributed by atoms with Gasteiger partial charge in [0.1, 0.15) is 11.6 Å². The van der Waals surface area contributed by atoms with E-state index in [9.17, 15) is 10.1 Å². The second kappa shape index (κ2) is 8.04. The van der Waals surface area contributed by atoms with Crippen molar-refractivity contribution < 1.29 is 4.79 Å². The molecule has 2 rings (SSSR count). The highest BCUT2D eigenvalue weighted by atomic mass is 16.1. The third kappa shape index (κ3) is 5.80. The van der Waals surface area contributed by atoms with Crippen molar-refractivity contribution in [3.63, 3.8) is 0 Å². The Morgan fingerprint density at radius 2 is 1.76 bits per heavy atom. The molecule has 6 heteroatoms. The van der Waals surface area contributed by atoms with Gasteiger partial charge in [0.15, 0.2) is 0 Å². The minimum atomic E-state index is -0.378. The Kier molecular flexibility index (Phi) is 6.05. The number of nitriles is 1. The Bertz CT molecular complexity index is 659. The Morgan fingerprint density at radius 1 is 1.16 bits per heavy atom. The molecule has 1 heterocycles. The van der Waals surface area contributed by atoms with Gasteiger partial charge in [-0.25, -0.2) is 0 Å². The lowest BCUT2D eigenvalue weighted by Crippen LogP contribution is -2.44. The largest absolute Gasteiger partial charge is 0.369 e. The van der Waals surface area contributed by atoms with E-state index in [0.717, 1.165) is 31.9 Å². The fourth-order valence-corrected chi connectivity index (χ4v) is 2.55. The summed E-state index contributed by atoms with van der Waals surface area (Å²) in [6.07, 6.45) is 1.45. The molecule has 1 aliphatic heterocycles. The van der Waals surface area contributed by atoms with E-state index in [-0.39, 0.29) is 17.0 Å². The van der Waals surface area contributed by atoms with Crippen LogP contribution < -0.4 is 15.5 Å². The summed E-state index contributed by atoms with van der Waals surface area (Å²) < 4.78 is 0. The number of carbonyl (C=O) groups is 1. The van der Waals surface area contributed by atoms with Crippen molar-refractivity contribution in [2.75, 3.05) is 43.4 Å². The highest BCUT2D eigenvalue weighted by molar-refractivity contribution is 5.97. The van der Waals surface area contributed by atoms with E-state index in [4.69, 9.17) is 0 Å². The van der Waals surface area contributed by atoms with Crippen LogP contribution in [-0.4, -0.2) is 49.6 Å². The molecule has 0 aromatic heterocycles. The Morgan fingerprint density at radius 3 is 2.28 bits per heavy atom. The van der Waals surface area contributed by atoms with Crippen molar-refractivity contribution in [2.24, 2.45) is 0 Å².